The third-order valence-corrected chi connectivity index (χ3v) is 5.44. The average molecular weight is 316 g/mol. The molecule has 4 rings (SSSR count). The zero-order chi connectivity index (χ0) is 14.4. The van der Waals surface area contributed by atoms with E-state index in [1.165, 1.54) is 16.4 Å². The Morgan fingerprint density at radius 2 is 1.76 bits per heavy atom. The minimum absolute atomic E-state index is 0.136. The lowest BCUT2D eigenvalue weighted by Crippen LogP contribution is -2.12. The normalized spacial score (nSPS) is 12.2. The molecule has 2 aromatic carbocycles. The van der Waals surface area contributed by atoms with Gasteiger partial charge in [0.2, 0.25) is 0 Å². The molecule has 0 unspecified atom stereocenters. The first kappa shape index (κ1) is 12.4. The van der Waals surface area contributed by atoms with Crippen molar-refractivity contribution >= 4 is 43.8 Å². The van der Waals surface area contributed by atoms with Crippen LogP contribution in [0.25, 0.3) is 22.1 Å². The van der Waals surface area contributed by atoms with Crippen LogP contribution < -0.4 is 0 Å². The molecule has 2 heterocycles. The lowest BCUT2D eigenvalue weighted by Gasteiger charge is -2.06. The van der Waals surface area contributed by atoms with Crippen molar-refractivity contribution < 1.29 is 8.42 Å². The highest BCUT2D eigenvalue weighted by Crippen LogP contribution is 2.25. The average Bonchev–Trinajstić information content (AvgIpc) is 3.13. The molecule has 0 fully saturated rings. The van der Waals surface area contributed by atoms with Gasteiger partial charge in [-0.1, -0.05) is 18.2 Å². The Morgan fingerprint density at radius 1 is 0.952 bits per heavy atom. The van der Waals surface area contributed by atoms with Gasteiger partial charge in [-0.3, -0.25) is 0 Å². The monoisotopic (exact) mass is 316 g/mol. The largest absolute Gasteiger partial charge is 0.271 e. The number of aromatic nitrogens is 4. The van der Waals surface area contributed by atoms with E-state index in [9.17, 15) is 8.42 Å². The van der Waals surface area contributed by atoms with E-state index in [0.717, 1.165) is 11.7 Å². The first-order chi connectivity index (χ1) is 10.2. The molecule has 0 bridgehead atoms. The molecule has 0 amide bonds. The first-order valence-corrected chi connectivity index (χ1v) is 8.24. The summed E-state index contributed by atoms with van der Waals surface area (Å²) in [4.78, 5) is 4.26. The molecule has 0 saturated carbocycles. The maximum absolute atomic E-state index is 12.9. The molecule has 8 heteroatoms. The Balaban J connectivity index is 2.05. The van der Waals surface area contributed by atoms with E-state index in [0.29, 0.717) is 22.1 Å². The number of benzene rings is 2. The second-order valence-electron chi connectivity index (χ2n) is 4.42. The van der Waals surface area contributed by atoms with Gasteiger partial charge in [0.05, 0.1) is 22.8 Å². The third kappa shape index (κ3) is 1.76. The number of hydrogen-bond acceptors (Lipinski definition) is 6. The number of fused-ring (bicyclic) bond motifs is 2. The van der Waals surface area contributed by atoms with E-state index < -0.39 is 10.0 Å². The molecule has 6 nitrogen and oxygen atoms in total. The van der Waals surface area contributed by atoms with E-state index in [1.54, 1.807) is 30.3 Å². The predicted octanol–water partition coefficient (Wildman–Crippen LogP) is 2.28. The van der Waals surface area contributed by atoms with E-state index in [-0.39, 0.29) is 4.90 Å². The molecule has 2 aromatic heterocycles. The molecule has 0 spiro atoms. The smallest absolute Gasteiger partial charge is 0.236 e. The summed E-state index contributed by atoms with van der Waals surface area (Å²) in [5.74, 6) is 0. The molecular weight excluding hydrogens is 308 g/mol. The highest BCUT2D eigenvalue weighted by Gasteiger charge is 2.23. The van der Waals surface area contributed by atoms with E-state index in [2.05, 4.69) is 13.7 Å². The Labute approximate surface area is 124 Å². The zero-order valence-electron chi connectivity index (χ0n) is 10.5. The summed E-state index contributed by atoms with van der Waals surface area (Å²) in [6, 6.07) is 12.0. The number of para-hydroxylation sites is 2. The number of nitrogens with zero attached hydrogens (tertiary/aromatic N) is 4. The molecule has 0 aliphatic rings. The maximum Gasteiger partial charge on any atom is 0.271 e. The number of hydrogen-bond donors (Lipinski definition) is 0. The fourth-order valence-corrected chi connectivity index (χ4v) is 4.27. The van der Waals surface area contributed by atoms with Crippen LogP contribution in [0.4, 0.5) is 0 Å². The minimum atomic E-state index is -3.76. The van der Waals surface area contributed by atoms with Gasteiger partial charge in [-0.15, -0.1) is 0 Å². The second kappa shape index (κ2) is 4.34. The van der Waals surface area contributed by atoms with Crippen molar-refractivity contribution in [1.29, 1.82) is 0 Å². The fourth-order valence-electron chi connectivity index (χ4n) is 2.22. The van der Waals surface area contributed by atoms with Crippen LogP contribution in [0.2, 0.25) is 0 Å². The summed E-state index contributed by atoms with van der Waals surface area (Å²) < 4.78 is 35.1. The molecule has 0 aliphatic heterocycles. The highest BCUT2D eigenvalue weighted by atomic mass is 32.2. The molecule has 0 atom stereocenters. The fraction of sp³-hybridized carbons (Fsp3) is 0. The lowest BCUT2D eigenvalue weighted by atomic mass is 10.3. The Bertz CT molecular complexity index is 1070. The van der Waals surface area contributed by atoms with Crippen molar-refractivity contribution in [2.45, 2.75) is 4.90 Å². The van der Waals surface area contributed by atoms with Crippen LogP contribution in [0.5, 0.6) is 0 Å². The van der Waals surface area contributed by atoms with Crippen molar-refractivity contribution in [2.75, 3.05) is 0 Å². The van der Waals surface area contributed by atoms with E-state index in [4.69, 9.17) is 0 Å². The minimum Gasteiger partial charge on any atom is -0.236 e. The van der Waals surface area contributed by atoms with Gasteiger partial charge in [0.15, 0.2) is 0 Å². The highest BCUT2D eigenvalue weighted by molar-refractivity contribution is 7.90. The molecule has 0 saturated heterocycles. The predicted molar refractivity (Wildman–Crippen MR) is 79.7 cm³/mol. The van der Waals surface area contributed by atoms with Crippen molar-refractivity contribution in [3.8, 4) is 0 Å². The molecule has 21 heavy (non-hydrogen) atoms. The van der Waals surface area contributed by atoms with Crippen molar-refractivity contribution in [1.82, 2.24) is 17.7 Å². The molecular formula is C13H8N4O2S2. The number of rotatable bonds is 2. The van der Waals surface area contributed by atoms with Crippen LogP contribution in [-0.2, 0) is 10.0 Å². The molecule has 4 aromatic rings. The third-order valence-electron chi connectivity index (χ3n) is 3.21. The first-order valence-electron chi connectivity index (χ1n) is 6.07. The Morgan fingerprint density at radius 3 is 2.67 bits per heavy atom. The Hall–Kier alpha value is -2.32. The van der Waals surface area contributed by atoms with E-state index >= 15 is 0 Å². The summed E-state index contributed by atoms with van der Waals surface area (Å²) in [6.07, 6.45) is 1.32. The SMILES string of the molecule is O=S(=O)(c1cccc2nsnc12)n1cnc2ccccc21. The lowest BCUT2D eigenvalue weighted by molar-refractivity contribution is 0.589. The summed E-state index contributed by atoms with van der Waals surface area (Å²) in [7, 11) is -3.76. The van der Waals surface area contributed by atoms with Gasteiger partial charge in [0.25, 0.3) is 10.0 Å². The number of imidazole rings is 1. The summed E-state index contributed by atoms with van der Waals surface area (Å²) >= 11 is 0.995. The zero-order valence-corrected chi connectivity index (χ0v) is 12.2. The quantitative estimate of drug-likeness (QED) is 0.567. The second-order valence-corrected chi connectivity index (χ2v) is 6.73. The van der Waals surface area contributed by atoms with Crippen molar-refractivity contribution in [3.05, 3.63) is 48.8 Å². The van der Waals surface area contributed by atoms with Gasteiger partial charge in [-0.25, -0.2) is 17.4 Å². The van der Waals surface area contributed by atoms with Gasteiger partial charge < -0.3 is 0 Å². The van der Waals surface area contributed by atoms with Gasteiger partial charge >= 0.3 is 0 Å². The van der Waals surface area contributed by atoms with Crippen LogP contribution >= 0.6 is 11.7 Å². The maximum atomic E-state index is 12.9. The summed E-state index contributed by atoms with van der Waals surface area (Å²) in [5, 5.41) is 0. The van der Waals surface area contributed by atoms with E-state index in [1.807, 2.05) is 6.07 Å². The van der Waals surface area contributed by atoms with Crippen LogP contribution in [-0.4, -0.2) is 26.1 Å². The van der Waals surface area contributed by atoms with Crippen LogP contribution in [0.3, 0.4) is 0 Å². The van der Waals surface area contributed by atoms with Gasteiger partial charge in [-0.05, 0) is 24.3 Å². The molecule has 0 aliphatic carbocycles. The molecule has 0 radical (unpaired) electrons. The van der Waals surface area contributed by atoms with Crippen molar-refractivity contribution in [3.63, 3.8) is 0 Å². The van der Waals surface area contributed by atoms with Gasteiger partial charge in [-0.2, -0.15) is 8.75 Å². The van der Waals surface area contributed by atoms with Crippen molar-refractivity contribution in [2.24, 2.45) is 0 Å². The topological polar surface area (TPSA) is 77.7 Å². The van der Waals surface area contributed by atoms with Gasteiger partial charge in [0.1, 0.15) is 22.3 Å². The summed E-state index contributed by atoms with van der Waals surface area (Å²) in [6.45, 7) is 0. The van der Waals surface area contributed by atoms with Crippen LogP contribution in [0.15, 0.2) is 53.7 Å². The van der Waals surface area contributed by atoms with Crippen LogP contribution in [0.1, 0.15) is 0 Å². The summed E-state index contributed by atoms with van der Waals surface area (Å²) in [5.41, 5.74) is 2.13. The van der Waals surface area contributed by atoms with Gasteiger partial charge in [0, 0.05) is 0 Å². The Kier molecular flexibility index (Phi) is 2.57. The standard InChI is InChI=1S/C13H8N4O2S2/c18-21(19,12-7-3-5-10-13(12)16-20-15-10)17-8-14-9-4-1-2-6-11(9)17/h1-8H. The molecule has 104 valence electrons. The molecule has 0 N–H and O–H groups in total. The van der Waals surface area contributed by atoms with Crippen LogP contribution in [0, 0.1) is 0 Å².